The first-order chi connectivity index (χ1) is 5.83. The predicted octanol–water partition coefficient (Wildman–Crippen LogP) is 0.664. The maximum atomic E-state index is 11.6. The number of ether oxygens (including phenoxy) is 2. The van der Waals surface area contributed by atoms with Crippen molar-refractivity contribution in [3.05, 3.63) is 0 Å². The standard InChI is InChI=1S/C9H17NO3/c1-8(2,3)13-7(11)9(4)5-10-6-12-9/h10H,5-6H2,1-4H3/t9-/m0/s1. The molecule has 1 atom stereocenters. The third-order valence-corrected chi connectivity index (χ3v) is 1.79. The van der Waals surface area contributed by atoms with Gasteiger partial charge in [-0.25, -0.2) is 4.79 Å². The molecule has 4 heteroatoms. The van der Waals surface area contributed by atoms with Gasteiger partial charge in [0.1, 0.15) is 5.60 Å². The van der Waals surface area contributed by atoms with Crippen molar-refractivity contribution >= 4 is 5.97 Å². The third kappa shape index (κ3) is 2.67. The SMILES string of the molecule is CC(C)(C)OC(=O)[C@]1(C)CNCO1. The van der Waals surface area contributed by atoms with E-state index in [0.29, 0.717) is 13.3 Å². The van der Waals surface area contributed by atoms with E-state index in [1.807, 2.05) is 20.8 Å². The van der Waals surface area contributed by atoms with Crippen LogP contribution in [0.5, 0.6) is 0 Å². The molecule has 1 saturated heterocycles. The van der Waals surface area contributed by atoms with Crippen LogP contribution in [0.15, 0.2) is 0 Å². The summed E-state index contributed by atoms with van der Waals surface area (Å²) in [6.45, 7) is 8.20. The Morgan fingerprint density at radius 2 is 2.15 bits per heavy atom. The Kier molecular flexibility index (Phi) is 2.63. The Labute approximate surface area is 78.6 Å². The lowest BCUT2D eigenvalue weighted by Gasteiger charge is -2.26. The molecule has 0 saturated carbocycles. The minimum Gasteiger partial charge on any atom is -0.458 e. The van der Waals surface area contributed by atoms with Crippen LogP contribution in [0.3, 0.4) is 0 Å². The van der Waals surface area contributed by atoms with Gasteiger partial charge in [-0.1, -0.05) is 0 Å². The summed E-state index contributed by atoms with van der Waals surface area (Å²) in [5.74, 6) is -0.301. The van der Waals surface area contributed by atoms with E-state index < -0.39 is 11.2 Å². The second kappa shape index (κ2) is 3.27. The van der Waals surface area contributed by atoms with Crippen LogP contribution < -0.4 is 5.32 Å². The highest BCUT2D eigenvalue weighted by Crippen LogP contribution is 2.19. The largest absolute Gasteiger partial charge is 0.458 e. The van der Waals surface area contributed by atoms with Gasteiger partial charge in [-0.2, -0.15) is 0 Å². The van der Waals surface area contributed by atoms with Crippen LogP contribution in [0.2, 0.25) is 0 Å². The van der Waals surface area contributed by atoms with Gasteiger partial charge in [0.2, 0.25) is 0 Å². The summed E-state index contributed by atoms with van der Waals surface area (Å²) in [6.07, 6.45) is 0. The average Bonchev–Trinajstić information content (AvgIpc) is 2.33. The lowest BCUT2D eigenvalue weighted by molar-refractivity contribution is -0.175. The van der Waals surface area contributed by atoms with Crippen LogP contribution in [-0.4, -0.2) is 30.4 Å². The van der Waals surface area contributed by atoms with Gasteiger partial charge in [-0.15, -0.1) is 0 Å². The number of nitrogens with one attached hydrogen (secondary N) is 1. The molecule has 0 aromatic rings. The molecule has 0 bridgehead atoms. The number of rotatable bonds is 1. The molecule has 1 heterocycles. The quantitative estimate of drug-likeness (QED) is 0.613. The first kappa shape index (κ1) is 10.5. The van der Waals surface area contributed by atoms with Gasteiger partial charge in [0, 0.05) is 6.54 Å². The van der Waals surface area contributed by atoms with Crippen molar-refractivity contribution in [1.29, 1.82) is 0 Å². The summed E-state index contributed by atoms with van der Waals surface area (Å²) in [7, 11) is 0. The van der Waals surface area contributed by atoms with Crippen molar-refractivity contribution < 1.29 is 14.3 Å². The summed E-state index contributed by atoms with van der Waals surface area (Å²) in [5, 5.41) is 2.96. The molecule has 1 fully saturated rings. The lowest BCUT2D eigenvalue weighted by Crippen LogP contribution is -2.43. The van der Waals surface area contributed by atoms with E-state index in [0.717, 1.165) is 0 Å². The van der Waals surface area contributed by atoms with Crippen LogP contribution in [0, 0.1) is 0 Å². The fraction of sp³-hybridized carbons (Fsp3) is 0.889. The van der Waals surface area contributed by atoms with Gasteiger partial charge >= 0.3 is 5.97 Å². The zero-order valence-electron chi connectivity index (χ0n) is 8.64. The van der Waals surface area contributed by atoms with Crippen molar-refractivity contribution in [2.45, 2.75) is 38.9 Å². The lowest BCUT2D eigenvalue weighted by atomic mass is 10.1. The highest BCUT2D eigenvalue weighted by atomic mass is 16.6. The normalized spacial score (nSPS) is 28.9. The molecule has 13 heavy (non-hydrogen) atoms. The summed E-state index contributed by atoms with van der Waals surface area (Å²) in [6, 6.07) is 0. The van der Waals surface area contributed by atoms with E-state index in [4.69, 9.17) is 9.47 Å². The second-order valence-corrected chi connectivity index (χ2v) is 4.45. The molecular formula is C9H17NO3. The number of carbonyl (C=O) groups excluding carboxylic acids is 1. The zero-order valence-corrected chi connectivity index (χ0v) is 8.64. The fourth-order valence-corrected chi connectivity index (χ4v) is 1.07. The summed E-state index contributed by atoms with van der Waals surface area (Å²) in [5.41, 5.74) is -1.26. The molecule has 1 rings (SSSR count). The summed E-state index contributed by atoms with van der Waals surface area (Å²) < 4.78 is 10.5. The Morgan fingerprint density at radius 3 is 2.54 bits per heavy atom. The molecule has 0 amide bonds. The average molecular weight is 187 g/mol. The molecule has 4 nitrogen and oxygen atoms in total. The van der Waals surface area contributed by atoms with Gasteiger partial charge in [0.15, 0.2) is 5.60 Å². The Bertz CT molecular complexity index is 201. The van der Waals surface area contributed by atoms with Gasteiger partial charge in [-0.3, -0.25) is 5.32 Å². The van der Waals surface area contributed by atoms with Gasteiger partial charge < -0.3 is 9.47 Å². The molecule has 1 N–H and O–H groups in total. The Balaban J connectivity index is 2.57. The first-order valence-corrected chi connectivity index (χ1v) is 4.42. The molecule has 0 aromatic heterocycles. The van der Waals surface area contributed by atoms with Crippen molar-refractivity contribution in [2.75, 3.05) is 13.3 Å². The highest BCUT2D eigenvalue weighted by molar-refractivity contribution is 5.80. The van der Waals surface area contributed by atoms with Crippen LogP contribution in [-0.2, 0) is 14.3 Å². The van der Waals surface area contributed by atoms with Gasteiger partial charge in [0.25, 0.3) is 0 Å². The van der Waals surface area contributed by atoms with Crippen LogP contribution in [0.1, 0.15) is 27.7 Å². The molecule has 0 aromatic carbocycles. The van der Waals surface area contributed by atoms with E-state index in [1.165, 1.54) is 0 Å². The van der Waals surface area contributed by atoms with E-state index in [9.17, 15) is 4.79 Å². The fourth-order valence-electron chi connectivity index (χ4n) is 1.07. The van der Waals surface area contributed by atoms with Gasteiger partial charge in [-0.05, 0) is 27.7 Å². The molecule has 76 valence electrons. The summed E-state index contributed by atoms with van der Waals surface area (Å²) >= 11 is 0. The minimum atomic E-state index is -0.812. The Hall–Kier alpha value is -0.610. The van der Waals surface area contributed by atoms with Crippen LogP contribution in [0.25, 0.3) is 0 Å². The second-order valence-electron chi connectivity index (χ2n) is 4.45. The summed E-state index contributed by atoms with van der Waals surface area (Å²) in [4.78, 5) is 11.6. The zero-order chi connectivity index (χ0) is 10.1. The maximum Gasteiger partial charge on any atom is 0.340 e. The smallest absolute Gasteiger partial charge is 0.340 e. The number of esters is 1. The topological polar surface area (TPSA) is 47.6 Å². The van der Waals surface area contributed by atoms with Crippen LogP contribution in [0.4, 0.5) is 0 Å². The first-order valence-electron chi connectivity index (χ1n) is 4.42. The Morgan fingerprint density at radius 1 is 1.54 bits per heavy atom. The number of hydrogen-bond donors (Lipinski definition) is 1. The van der Waals surface area contributed by atoms with E-state index in [1.54, 1.807) is 6.92 Å². The van der Waals surface area contributed by atoms with Crippen molar-refractivity contribution in [3.63, 3.8) is 0 Å². The number of hydrogen-bond acceptors (Lipinski definition) is 4. The predicted molar refractivity (Wildman–Crippen MR) is 48.2 cm³/mol. The monoisotopic (exact) mass is 187 g/mol. The molecule has 0 aliphatic carbocycles. The van der Waals surface area contributed by atoms with Crippen molar-refractivity contribution in [1.82, 2.24) is 5.32 Å². The molecular weight excluding hydrogens is 170 g/mol. The van der Waals surface area contributed by atoms with Crippen molar-refractivity contribution in [3.8, 4) is 0 Å². The van der Waals surface area contributed by atoms with Crippen molar-refractivity contribution in [2.24, 2.45) is 0 Å². The highest BCUT2D eigenvalue weighted by Gasteiger charge is 2.41. The molecule has 0 unspecified atom stereocenters. The minimum absolute atomic E-state index is 0.301. The third-order valence-electron chi connectivity index (χ3n) is 1.79. The van der Waals surface area contributed by atoms with E-state index in [-0.39, 0.29) is 5.97 Å². The van der Waals surface area contributed by atoms with Crippen LogP contribution >= 0.6 is 0 Å². The maximum absolute atomic E-state index is 11.6. The van der Waals surface area contributed by atoms with Gasteiger partial charge in [0.05, 0.1) is 6.73 Å². The molecule has 1 aliphatic heterocycles. The van der Waals surface area contributed by atoms with E-state index >= 15 is 0 Å². The molecule has 0 spiro atoms. The number of carbonyl (C=O) groups is 1. The van der Waals surface area contributed by atoms with E-state index in [2.05, 4.69) is 5.32 Å². The molecule has 1 aliphatic rings. The molecule has 0 radical (unpaired) electrons.